The standard InChI is InChI=1S/C15H26N2O/c1-11-4-7-17(12(8-11)10-16)14(18)13-9-15(13)5-2-3-6-15/h11-13H,2-10,16H2,1H3. The highest BCUT2D eigenvalue weighted by atomic mass is 16.2. The third-order valence-electron chi connectivity index (χ3n) is 5.62. The van der Waals surface area contributed by atoms with Gasteiger partial charge in [-0.05, 0) is 43.4 Å². The van der Waals surface area contributed by atoms with E-state index >= 15 is 0 Å². The summed E-state index contributed by atoms with van der Waals surface area (Å²) in [4.78, 5) is 14.8. The predicted molar refractivity (Wildman–Crippen MR) is 72.0 cm³/mol. The number of likely N-dealkylation sites (tertiary alicyclic amines) is 1. The topological polar surface area (TPSA) is 46.3 Å². The fraction of sp³-hybridized carbons (Fsp3) is 0.933. The lowest BCUT2D eigenvalue weighted by Crippen LogP contribution is -2.50. The monoisotopic (exact) mass is 250 g/mol. The van der Waals surface area contributed by atoms with Crippen LogP contribution in [0.15, 0.2) is 0 Å². The molecule has 2 aliphatic carbocycles. The van der Waals surface area contributed by atoms with Gasteiger partial charge < -0.3 is 10.6 Å². The van der Waals surface area contributed by atoms with Crippen LogP contribution in [-0.4, -0.2) is 29.9 Å². The third kappa shape index (κ3) is 1.97. The van der Waals surface area contributed by atoms with E-state index in [-0.39, 0.29) is 0 Å². The minimum absolute atomic E-state index is 0.306. The molecule has 3 nitrogen and oxygen atoms in total. The van der Waals surface area contributed by atoms with Gasteiger partial charge in [0, 0.05) is 25.0 Å². The van der Waals surface area contributed by atoms with E-state index in [4.69, 9.17) is 5.73 Å². The van der Waals surface area contributed by atoms with Crippen LogP contribution in [0.5, 0.6) is 0 Å². The van der Waals surface area contributed by atoms with Crippen LogP contribution in [0.1, 0.15) is 51.9 Å². The summed E-state index contributed by atoms with van der Waals surface area (Å²) in [5, 5.41) is 0. The van der Waals surface area contributed by atoms with Crippen molar-refractivity contribution >= 4 is 5.91 Å². The van der Waals surface area contributed by atoms with Gasteiger partial charge in [-0.15, -0.1) is 0 Å². The summed E-state index contributed by atoms with van der Waals surface area (Å²) in [6.45, 7) is 3.85. The van der Waals surface area contributed by atoms with Gasteiger partial charge in [-0.3, -0.25) is 4.79 Å². The summed E-state index contributed by atoms with van der Waals surface area (Å²) >= 11 is 0. The van der Waals surface area contributed by atoms with E-state index in [1.165, 1.54) is 25.7 Å². The normalized spacial score (nSPS) is 38.1. The van der Waals surface area contributed by atoms with Crippen LogP contribution in [0.2, 0.25) is 0 Å². The molecule has 1 aliphatic heterocycles. The Morgan fingerprint density at radius 1 is 1.39 bits per heavy atom. The van der Waals surface area contributed by atoms with Crippen molar-refractivity contribution in [2.75, 3.05) is 13.1 Å². The number of carbonyl (C=O) groups excluding carboxylic acids is 1. The van der Waals surface area contributed by atoms with Crippen LogP contribution in [0.3, 0.4) is 0 Å². The molecule has 3 atom stereocenters. The number of hydrogen-bond acceptors (Lipinski definition) is 2. The molecule has 0 aromatic carbocycles. The van der Waals surface area contributed by atoms with Crippen LogP contribution in [0.25, 0.3) is 0 Å². The van der Waals surface area contributed by atoms with E-state index in [0.29, 0.717) is 29.8 Å². The number of hydrogen-bond donors (Lipinski definition) is 1. The fourth-order valence-corrected chi connectivity index (χ4v) is 4.29. The Labute approximate surface area is 110 Å². The summed E-state index contributed by atoms with van der Waals surface area (Å²) in [6, 6.07) is 0.306. The van der Waals surface area contributed by atoms with Gasteiger partial charge in [0.2, 0.25) is 5.91 Å². The average Bonchev–Trinajstić information content (AvgIpc) is 2.86. The fourth-order valence-electron chi connectivity index (χ4n) is 4.29. The van der Waals surface area contributed by atoms with Crippen molar-refractivity contribution in [1.82, 2.24) is 4.90 Å². The van der Waals surface area contributed by atoms with E-state index in [1.807, 2.05) is 0 Å². The Morgan fingerprint density at radius 3 is 2.78 bits per heavy atom. The van der Waals surface area contributed by atoms with Gasteiger partial charge in [-0.25, -0.2) is 0 Å². The van der Waals surface area contributed by atoms with Gasteiger partial charge in [0.25, 0.3) is 0 Å². The average molecular weight is 250 g/mol. The summed E-state index contributed by atoms with van der Waals surface area (Å²) in [7, 11) is 0. The zero-order valence-corrected chi connectivity index (χ0v) is 11.5. The van der Waals surface area contributed by atoms with Crippen molar-refractivity contribution in [3.8, 4) is 0 Å². The van der Waals surface area contributed by atoms with Gasteiger partial charge in [0.15, 0.2) is 0 Å². The van der Waals surface area contributed by atoms with Gasteiger partial charge in [-0.2, -0.15) is 0 Å². The van der Waals surface area contributed by atoms with Gasteiger partial charge >= 0.3 is 0 Å². The Balaban J connectivity index is 1.65. The Kier molecular flexibility index (Phi) is 3.13. The van der Waals surface area contributed by atoms with Crippen LogP contribution >= 0.6 is 0 Å². The van der Waals surface area contributed by atoms with Gasteiger partial charge in [0.1, 0.15) is 0 Å². The Hall–Kier alpha value is -0.570. The molecule has 3 unspecified atom stereocenters. The molecular formula is C15H26N2O. The first-order valence-electron chi connectivity index (χ1n) is 7.67. The molecule has 102 valence electrons. The van der Waals surface area contributed by atoms with E-state index < -0.39 is 0 Å². The lowest BCUT2D eigenvalue weighted by atomic mass is 9.91. The molecule has 3 rings (SSSR count). The van der Waals surface area contributed by atoms with Crippen molar-refractivity contribution in [3.05, 3.63) is 0 Å². The molecule has 1 saturated heterocycles. The molecule has 0 aromatic heterocycles. The van der Waals surface area contributed by atoms with E-state index in [9.17, 15) is 4.79 Å². The number of nitrogens with two attached hydrogens (primary N) is 1. The minimum atomic E-state index is 0.306. The number of piperidine rings is 1. The van der Waals surface area contributed by atoms with Gasteiger partial charge in [-0.1, -0.05) is 19.8 Å². The Morgan fingerprint density at radius 2 is 2.11 bits per heavy atom. The number of amides is 1. The highest BCUT2D eigenvalue weighted by Crippen LogP contribution is 2.63. The third-order valence-corrected chi connectivity index (χ3v) is 5.62. The highest BCUT2D eigenvalue weighted by Gasteiger charge is 2.59. The maximum absolute atomic E-state index is 12.7. The van der Waals surface area contributed by atoms with Crippen molar-refractivity contribution in [2.45, 2.75) is 57.9 Å². The molecule has 2 N–H and O–H groups in total. The molecule has 1 amide bonds. The maximum atomic E-state index is 12.7. The predicted octanol–water partition coefficient (Wildman–Crippen LogP) is 2.15. The van der Waals surface area contributed by atoms with Crippen molar-refractivity contribution < 1.29 is 4.79 Å². The molecule has 18 heavy (non-hydrogen) atoms. The number of rotatable bonds is 2. The van der Waals surface area contributed by atoms with Crippen molar-refractivity contribution in [2.24, 2.45) is 23.0 Å². The van der Waals surface area contributed by atoms with Crippen LogP contribution < -0.4 is 5.73 Å². The first kappa shape index (κ1) is 12.5. The van der Waals surface area contributed by atoms with E-state index in [2.05, 4.69) is 11.8 Å². The minimum Gasteiger partial charge on any atom is -0.338 e. The van der Waals surface area contributed by atoms with Gasteiger partial charge in [0.05, 0.1) is 0 Å². The largest absolute Gasteiger partial charge is 0.338 e. The van der Waals surface area contributed by atoms with Crippen molar-refractivity contribution in [3.63, 3.8) is 0 Å². The quantitative estimate of drug-likeness (QED) is 0.816. The highest BCUT2D eigenvalue weighted by molar-refractivity contribution is 5.83. The second-order valence-corrected chi connectivity index (χ2v) is 6.88. The summed E-state index contributed by atoms with van der Waals surface area (Å²) in [5.41, 5.74) is 6.30. The smallest absolute Gasteiger partial charge is 0.226 e. The summed E-state index contributed by atoms with van der Waals surface area (Å²) in [6.07, 6.45) is 8.67. The summed E-state index contributed by atoms with van der Waals surface area (Å²) in [5.74, 6) is 1.50. The molecule has 2 saturated carbocycles. The summed E-state index contributed by atoms with van der Waals surface area (Å²) < 4.78 is 0. The molecule has 0 bridgehead atoms. The molecule has 3 fully saturated rings. The molecule has 0 aromatic rings. The van der Waals surface area contributed by atoms with Crippen LogP contribution in [0, 0.1) is 17.3 Å². The lowest BCUT2D eigenvalue weighted by molar-refractivity contribution is -0.137. The first-order chi connectivity index (χ1) is 8.66. The second kappa shape index (κ2) is 4.52. The SMILES string of the molecule is CC1CCN(C(=O)C2CC23CCCC3)C(CN)C1. The number of nitrogens with zero attached hydrogens (tertiary/aromatic N) is 1. The van der Waals surface area contributed by atoms with Crippen molar-refractivity contribution in [1.29, 1.82) is 0 Å². The zero-order chi connectivity index (χ0) is 12.8. The Bertz CT molecular complexity index is 335. The van der Waals surface area contributed by atoms with Crippen LogP contribution in [-0.2, 0) is 4.79 Å². The molecular weight excluding hydrogens is 224 g/mol. The van der Waals surface area contributed by atoms with E-state index in [1.54, 1.807) is 0 Å². The second-order valence-electron chi connectivity index (χ2n) is 6.88. The van der Waals surface area contributed by atoms with E-state index in [0.717, 1.165) is 31.7 Å². The molecule has 1 heterocycles. The first-order valence-corrected chi connectivity index (χ1v) is 7.67. The maximum Gasteiger partial charge on any atom is 0.226 e. The molecule has 0 radical (unpaired) electrons. The number of carbonyl (C=O) groups is 1. The lowest BCUT2D eigenvalue weighted by Gasteiger charge is -2.38. The molecule has 1 spiro atoms. The zero-order valence-electron chi connectivity index (χ0n) is 11.5. The molecule has 3 aliphatic rings. The molecule has 3 heteroatoms. The van der Waals surface area contributed by atoms with Crippen LogP contribution in [0.4, 0.5) is 0 Å².